The van der Waals surface area contributed by atoms with Crippen LogP contribution in [0.2, 0.25) is 0 Å². The molecule has 5 nitrogen and oxygen atoms in total. The third-order valence-corrected chi connectivity index (χ3v) is 1.96. The first-order valence-electron chi connectivity index (χ1n) is 4.39. The fourth-order valence-corrected chi connectivity index (χ4v) is 1.25. The Balaban J connectivity index is 2.41. The molecule has 2 N–H and O–H groups in total. The molecule has 0 spiro atoms. The predicted octanol–water partition coefficient (Wildman–Crippen LogP) is 1.48. The maximum absolute atomic E-state index is 10.6. The zero-order chi connectivity index (χ0) is 10.8. The normalized spacial score (nSPS) is 10.2. The molecule has 15 heavy (non-hydrogen) atoms. The Kier molecular flexibility index (Phi) is 2.21. The van der Waals surface area contributed by atoms with Crippen LogP contribution in [0.1, 0.15) is 16.2 Å². The first-order valence-corrected chi connectivity index (χ1v) is 4.39. The first-order chi connectivity index (χ1) is 7.16. The molecule has 2 heterocycles. The number of H-pyrrole nitrogens is 1. The average molecular weight is 203 g/mol. The number of nitrogens with zero attached hydrogens (tertiary/aromatic N) is 2. The SMILES string of the molecule is Cc1cccc(-c2cc(C(=O)O)[nH]n2)n1. The summed E-state index contributed by atoms with van der Waals surface area (Å²) >= 11 is 0. The monoisotopic (exact) mass is 203 g/mol. The number of pyridine rings is 1. The fourth-order valence-electron chi connectivity index (χ4n) is 1.25. The van der Waals surface area contributed by atoms with Crippen molar-refractivity contribution in [1.29, 1.82) is 0 Å². The van der Waals surface area contributed by atoms with E-state index in [1.807, 2.05) is 19.1 Å². The molecule has 0 aliphatic rings. The van der Waals surface area contributed by atoms with Gasteiger partial charge in [-0.3, -0.25) is 10.1 Å². The van der Waals surface area contributed by atoms with E-state index < -0.39 is 5.97 Å². The van der Waals surface area contributed by atoms with Crippen LogP contribution >= 0.6 is 0 Å². The predicted molar refractivity (Wildman–Crippen MR) is 53.5 cm³/mol. The van der Waals surface area contributed by atoms with Crippen molar-refractivity contribution in [3.05, 3.63) is 35.7 Å². The Hall–Kier alpha value is -2.17. The number of carbonyl (C=O) groups is 1. The van der Waals surface area contributed by atoms with Crippen LogP contribution in [0.3, 0.4) is 0 Å². The van der Waals surface area contributed by atoms with Crippen molar-refractivity contribution in [2.75, 3.05) is 0 Å². The second-order valence-electron chi connectivity index (χ2n) is 3.14. The van der Waals surface area contributed by atoms with Gasteiger partial charge in [0.15, 0.2) is 0 Å². The molecule has 0 aliphatic heterocycles. The summed E-state index contributed by atoms with van der Waals surface area (Å²) in [6.45, 7) is 1.87. The van der Waals surface area contributed by atoms with Crippen molar-refractivity contribution in [2.24, 2.45) is 0 Å². The van der Waals surface area contributed by atoms with Gasteiger partial charge in [-0.2, -0.15) is 5.10 Å². The lowest BCUT2D eigenvalue weighted by atomic mass is 10.2. The Morgan fingerprint density at radius 1 is 1.40 bits per heavy atom. The Morgan fingerprint density at radius 2 is 2.20 bits per heavy atom. The van der Waals surface area contributed by atoms with Gasteiger partial charge in [-0.05, 0) is 19.1 Å². The third kappa shape index (κ3) is 1.85. The zero-order valence-corrected chi connectivity index (χ0v) is 8.06. The van der Waals surface area contributed by atoms with E-state index in [1.165, 1.54) is 6.07 Å². The van der Waals surface area contributed by atoms with E-state index in [1.54, 1.807) is 6.07 Å². The van der Waals surface area contributed by atoms with Gasteiger partial charge in [0.25, 0.3) is 0 Å². The summed E-state index contributed by atoms with van der Waals surface area (Å²) in [5, 5.41) is 15.0. The Morgan fingerprint density at radius 3 is 2.80 bits per heavy atom. The lowest BCUT2D eigenvalue weighted by molar-refractivity contribution is 0.0690. The number of rotatable bonds is 2. The summed E-state index contributed by atoms with van der Waals surface area (Å²) in [6.07, 6.45) is 0. The number of aryl methyl sites for hydroxylation is 1. The average Bonchev–Trinajstić information content (AvgIpc) is 2.66. The molecule has 76 valence electrons. The van der Waals surface area contributed by atoms with Crippen molar-refractivity contribution < 1.29 is 9.90 Å². The molecular weight excluding hydrogens is 194 g/mol. The highest BCUT2D eigenvalue weighted by molar-refractivity contribution is 5.86. The van der Waals surface area contributed by atoms with E-state index in [4.69, 9.17) is 5.11 Å². The van der Waals surface area contributed by atoms with Crippen molar-refractivity contribution in [3.63, 3.8) is 0 Å². The topological polar surface area (TPSA) is 78.9 Å². The number of aromatic nitrogens is 3. The third-order valence-electron chi connectivity index (χ3n) is 1.96. The molecule has 5 heteroatoms. The smallest absolute Gasteiger partial charge is 0.353 e. The Bertz CT molecular complexity index is 505. The van der Waals surface area contributed by atoms with Crippen molar-refractivity contribution in [3.8, 4) is 11.4 Å². The second-order valence-corrected chi connectivity index (χ2v) is 3.14. The molecule has 2 aromatic rings. The van der Waals surface area contributed by atoms with E-state index in [0.717, 1.165) is 5.69 Å². The molecule has 2 rings (SSSR count). The summed E-state index contributed by atoms with van der Waals surface area (Å²) in [6, 6.07) is 6.97. The van der Waals surface area contributed by atoms with Crippen LogP contribution in [0.5, 0.6) is 0 Å². The number of nitrogens with one attached hydrogen (secondary N) is 1. The molecule has 0 bridgehead atoms. The molecule has 0 aliphatic carbocycles. The number of hydrogen-bond acceptors (Lipinski definition) is 3. The molecule has 0 unspecified atom stereocenters. The highest BCUT2D eigenvalue weighted by Crippen LogP contribution is 2.15. The largest absolute Gasteiger partial charge is 0.477 e. The maximum Gasteiger partial charge on any atom is 0.353 e. The molecule has 0 saturated carbocycles. The van der Waals surface area contributed by atoms with Crippen LogP contribution in [-0.2, 0) is 0 Å². The standard InChI is InChI=1S/C10H9N3O2/c1-6-3-2-4-7(11-6)8-5-9(10(14)15)13-12-8/h2-5H,1H3,(H,12,13)(H,14,15). The van der Waals surface area contributed by atoms with E-state index in [2.05, 4.69) is 15.2 Å². The first kappa shape index (κ1) is 9.39. The molecule has 0 amide bonds. The van der Waals surface area contributed by atoms with E-state index >= 15 is 0 Å². The van der Waals surface area contributed by atoms with Crippen LogP contribution in [0.4, 0.5) is 0 Å². The lowest BCUT2D eigenvalue weighted by Gasteiger charge is -1.95. The van der Waals surface area contributed by atoms with Gasteiger partial charge < -0.3 is 5.11 Å². The summed E-state index contributed by atoms with van der Waals surface area (Å²) in [4.78, 5) is 14.9. The van der Waals surface area contributed by atoms with Crippen LogP contribution in [0.15, 0.2) is 24.3 Å². The zero-order valence-electron chi connectivity index (χ0n) is 8.06. The summed E-state index contributed by atoms with van der Waals surface area (Å²) in [5.41, 5.74) is 2.13. The van der Waals surface area contributed by atoms with Gasteiger partial charge in [0.2, 0.25) is 0 Å². The van der Waals surface area contributed by atoms with Gasteiger partial charge in [0, 0.05) is 11.8 Å². The fraction of sp³-hybridized carbons (Fsp3) is 0.100. The van der Waals surface area contributed by atoms with Gasteiger partial charge in [-0.25, -0.2) is 4.79 Å². The molecule has 0 aromatic carbocycles. The summed E-state index contributed by atoms with van der Waals surface area (Å²) < 4.78 is 0. The molecule has 0 radical (unpaired) electrons. The minimum absolute atomic E-state index is 0.0632. The molecule has 0 fully saturated rings. The Labute approximate surface area is 85.8 Å². The summed E-state index contributed by atoms with van der Waals surface area (Å²) in [7, 11) is 0. The highest BCUT2D eigenvalue weighted by atomic mass is 16.4. The van der Waals surface area contributed by atoms with Gasteiger partial charge in [0.05, 0.1) is 5.69 Å². The van der Waals surface area contributed by atoms with Crippen molar-refractivity contribution >= 4 is 5.97 Å². The van der Waals surface area contributed by atoms with Crippen LogP contribution in [0.25, 0.3) is 11.4 Å². The number of carboxylic acid groups (broad SMARTS) is 1. The number of hydrogen-bond donors (Lipinski definition) is 2. The second kappa shape index (κ2) is 3.53. The lowest BCUT2D eigenvalue weighted by Crippen LogP contribution is -1.95. The molecule has 0 atom stereocenters. The number of carboxylic acids is 1. The van der Waals surface area contributed by atoms with E-state index in [9.17, 15) is 4.79 Å². The van der Waals surface area contributed by atoms with Crippen LogP contribution in [0, 0.1) is 6.92 Å². The molecule has 0 saturated heterocycles. The number of aromatic carboxylic acids is 1. The van der Waals surface area contributed by atoms with Crippen LogP contribution < -0.4 is 0 Å². The van der Waals surface area contributed by atoms with Gasteiger partial charge in [-0.15, -0.1) is 0 Å². The van der Waals surface area contributed by atoms with Crippen molar-refractivity contribution in [1.82, 2.24) is 15.2 Å². The van der Waals surface area contributed by atoms with E-state index in [0.29, 0.717) is 11.4 Å². The van der Waals surface area contributed by atoms with Crippen molar-refractivity contribution in [2.45, 2.75) is 6.92 Å². The summed E-state index contributed by atoms with van der Waals surface area (Å²) in [5.74, 6) is -1.03. The minimum atomic E-state index is -1.03. The maximum atomic E-state index is 10.6. The molecule has 2 aromatic heterocycles. The number of aromatic amines is 1. The van der Waals surface area contributed by atoms with Gasteiger partial charge in [0.1, 0.15) is 11.4 Å². The van der Waals surface area contributed by atoms with E-state index in [-0.39, 0.29) is 5.69 Å². The minimum Gasteiger partial charge on any atom is -0.477 e. The van der Waals surface area contributed by atoms with Gasteiger partial charge >= 0.3 is 5.97 Å². The highest BCUT2D eigenvalue weighted by Gasteiger charge is 2.09. The van der Waals surface area contributed by atoms with Crippen LogP contribution in [-0.4, -0.2) is 26.3 Å². The molecular formula is C10H9N3O2. The van der Waals surface area contributed by atoms with Gasteiger partial charge in [-0.1, -0.05) is 6.07 Å². The quantitative estimate of drug-likeness (QED) is 0.774.